The van der Waals surface area contributed by atoms with Crippen molar-refractivity contribution in [1.29, 1.82) is 0 Å². The topological polar surface area (TPSA) is 26.3 Å². The van der Waals surface area contributed by atoms with Gasteiger partial charge in [-0.05, 0) is 38.0 Å². The lowest BCUT2D eigenvalue weighted by Crippen LogP contribution is -2.51. The van der Waals surface area contributed by atoms with Gasteiger partial charge in [-0.1, -0.05) is 6.42 Å². The van der Waals surface area contributed by atoms with Gasteiger partial charge in [-0.15, -0.1) is 0 Å². The fourth-order valence-electron chi connectivity index (χ4n) is 3.18. The van der Waals surface area contributed by atoms with E-state index in [-0.39, 0.29) is 12.8 Å². The molecule has 2 saturated carbocycles. The van der Waals surface area contributed by atoms with Crippen LogP contribution in [-0.4, -0.2) is 24.9 Å². The Labute approximate surface area is 117 Å². The first-order valence-electron chi connectivity index (χ1n) is 6.76. The van der Waals surface area contributed by atoms with E-state index in [9.17, 15) is 31.1 Å². The van der Waals surface area contributed by atoms with E-state index < -0.39 is 36.3 Å². The summed E-state index contributed by atoms with van der Waals surface area (Å²) >= 11 is 0. The number of carbonyl (C=O) groups is 1. The van der Waals surface area contributed by atoms with Crippen LogP contribution >= 0.6 is 0 Å². The van der Waals surface area contributed by atoms with E-state index in [0.29, 0.717) is 12.3 Å². The first-order valence-corrected chi connectivity index (χ1v) is 6.76. The van der Waals surface area contributed by atoms with E-state index in [1.807, 2.05) is 0 Å². The standard InChI is InChI=1S/C13H16F6O2/c1-11(12(14,15)16,13(17,18)19)6-21-10(20)9-5-7-2-3-8(9)4-7/h7-9H,2-6H2,1H3. The number of halogens is 6. The van der Waals surface area contributed by atoms with Crippen molar-refractivity contribution in [2.75, 3.05) is 6.61 Å². The first-order chi connectivity index (χ1) is 9.46. The lowest BCUT2D eigenvalue weighted by molar-refractivity contribution is -0.343. The molecule has 122 valence electrons. The van der Waals surface area contributed by atoms with Crippen molar-refractivity contribution in [3.05, 3.63) is 0 Å². The molecule has 0 heterocycles. The van der Waals surface area contributed by atoms with Crippen LogP contribution in [0.1, 0.15) is 32.6 Å². The highest BCUT2D eigenvalue weighted by molar-refractivity contribution is 5.73. The minimum atomic E-state index is -5.53. The molecular weight excluding hydrogens is 302 g/mol. The zero-order valence-corrected chi connectivity index (χ0v) is 11.4. The molecule has 0 aliphatic heterocycles. The minimum absolute atomic E-state index is 0.0150. The predicted octanol–water partition coefficient (Wildman–Crippen LogP) is 4.10. The van der Waals surface area contributed by atoms with Crippen LogP contribution in [0.15, 0.2) is 0 Å². The lowest BCUT2D eigenvalue weighted by atomic mass is 9.88. The van der Waals surface area contributed by atoms with E-state index in [4.69, 9.17) is 0 Å². The Morgan fingerprint density at radius 3 is 2.00 bits per heavy atom. The molecule has 0 radical (unpaired) electrons. The quantitative estimate of drug-likeness (QED) is 0.578. The fourth-order valence-corrected chi connectivity index (χ4v) is 3.18. The van der Waals surface area contributed by atoms with Crippen molar-refractivity contribution >= 4 is 5.97 Å². The molecule has 2 aliphatic rings. The van der Waals surface area contributed by atoms with E-state index in [0.717, 1.165) is 19.3 Å². The van der Waals surface area contributed by atoms with Crippen LogP contribution in [0.2, 0.25) is 0 Å². The van der Waals surface area contributed by atoms with E-state index in [2.05, 4.69) is 4.74 Å². The van der Waals surface area contributed by atoms with Gasteiger partial charge in [-0.3, -0.25) is 4.79 Å². The van der Waals surface area contributed by atoms with Crippen LogP contribution in [-0.2, 0) is 9.53 Å². The molecule has 2 nitrogen and oxygen atoms in total. The average Bonchev–Trinajstić information content (AvgIpc) is 2.94. The summed E-state index contributed by atoms with van der Waals surface area (Å²) in [6, 6.07) is 0. The van der Waals surface area contributed by atoms with Crippen molar-refractivity contribution in [2.45, 2.75) is 45.0 Å². The number of esters is 1. The smallest absolute Gasteiger partial charge is 0.406 e. The van der Waals surface area contributed by atoms with Gasteiger partial charge in [-0.25, -0.2) is 0 Å². The maximum atomic E-state index is 12.7. The number of ether oxygens (including phenoxy) is 1. The number of fused-ring (bicyclic) bond motifs is 2. The fraction of sp³-hybridized carbons (Fsp3) is 0.923. The molecule has 0 aromatic rings. The van der Waals surface area contributed by atoms with E-state index in [1.165, 1.54) is 0 Å². The zero-order chi connectivity index (χ0) is 16.1. The van der Waals surface area contributed by atoms with Gasteiger partial charge in [0.05, 0.1) is 5.92 Å². The number of alkyl halides is 6. The normalized spacial score (nSPS) is 29.8. The highest BCUT2D eigenvalue weighted by Gasteiger charge is 2.68. The van der Waals surface area contributed by atoms with Gasteiger partial charge in [-0.2, -0.15) is 26.3 Å². The highest BCUT2D eigenvalue weighted by Crippen LogP contribution is 2.51. The number of rotatable bonds is 3. The second-order valence-electron chi connectivity index (χ2n) is 6.22. The second kappa shape index (κ2) is 5.05. The SMILES string of the molecule is CC(COC(=O)C1CC2CCC1C2)(C(F)(F)F)C(F)(F)F. The molecule has 21 heavy (non-hydrogen) atoms. The summed E-state index contributed by atoms with van der Waals surface area (Å²) < 4.78 is 80.4. The largest absolute Gasteiger partial charge is 0.464 e. The van der Waals surface area contributed by atoms with Gasteiger partial charge in [0.2, 0.25) is 0 Å². The summed E-state index contributed by atoms with van der Waals surface area (Å²) in [5.74, 6) is -1.08. The summed E-state index contributed by atoms with van der Waals surface area (Å²) in [7, 11) is 0. The van der Waals surface area contributed by atoms with Crippen molar-refractivity contribution in [2.24, 2.45) is 23.2 Å². The maximum Gasteiger partial charge on any atom is 0.406 e. The summed E-state index contributed by atoms with van der Waals surface area (Å²) in [5, 5.41) is 0. The molecule has 0 saturated heterocycles. The second-order valence-corrected chi connectivity index (χ2v) is 6.22. The van der Waals surface area contributed by atoms with E-state index >= 15 is 0 Å². The van der Waals surface area contributed by atoms with Crippen molar-refractivity contribution in [3.63, 3.8) is 0 Å². The average molecular weight is 318 g/mol. The Morgan fingerprint density at radius 2 is 1.62 bits per heavy atom. The maximum absolute atomic E-state index is 12.7. The third-order valence-corrected chi connectivity index (χ3v) is 4.80. The van der Waals surface area contributed by atoms with Crippen LogP contribution in [0.4, 0.5) is 26.3 Å². The summed E-state index contributed by atoms with van der Waals surface area (Å²) in [5.41, 5.74) is -4.03. The van der Waals surface area contributed by atoms with Gasteiger partial charge >= 0.3 is 18.3 Å². The van der Waals surface area contributed by atoms with Crippen molar-refractivity contribution in [1.82, 2.24) is 0 Å². The summed E-state index contributed by atoms with van der Waals surface area (Å²) in [6.45, 7) is -1.70. The van der Waals surface area contributed by atoms with Crippen LogP contribution in [0, 0.1) is 23.2 Å². The number of hydrogen-bond donors (Lipinski definition) is 0. The Morgan fingerprint density at radius 1 is 1.05 bits per heavy atom. The van der Waals surface area contributed by atoms with Crippen molar-refractivity contribution in [3.8, 4) is 0 Å². The molecule has 2 bridgehead atoms. The molecule has 2 aliphatic carbocycles. The zero-order valence-electron chi connectivity index (χ0n) is 11.4. The van der Waals surface area contributed by atoms with Crippen molar-refractivity contribution < 1.29 is 35.9 Å². The molecule has 2 rings (SSSR count). The van der Waals surface area contributed by atoms with Gasteiger partial charge in [0.15, 0.2) is 5.41 Å². The Hall–Kier alpha value is -0.950. The monoisotopic (exact) mass is 318 g/mol. The number of hydrogen-bond acceptors (Lipinski definition) is 2. The molecule has 3 atom stereocenters. The molecule has 0 aromatic heterocycles. The Balaban J connectivity index is 2.01. The third-order valence-electron chi connectivity index (χ3n) is 4.80. The molecular formula is C13H16F6O2. The van der Waals surface area contributed by atoms with Crippen LogP contribution in [0.3, 0.4) is 0 Å². The number of carbonyl (C=O) groups excluding carboxylic acids is 1. The molecule has 0 N–H and O–H groups in total. The molecule has 8 heteroatoms. The lowest BCUT2D eigenvalue weighted by Gasteiger charge is -2.33. The van der Waals surface area contributed by atoms with E-state index in [1.54, 1.807) is 0 Å². The van der Waals surface area contributed by atoms with Crippen LogP contribution in [0.5, 0.6) is 0 Å². The first kappa shape index (κ1) is 16.4. The molecule has 0 aromatic carbocycles. The third kappa shape index (κ3) is 2.85. The Bertz CT molecular complexity index is 400. The molecule has 2 fully saturated rings. The van der Waals surface area contributed by atoms with Crippen LogP contribution < -0.4 is 0 Å². The molecule has 0 amide bonds. The summed E-state index contributed by atoms with van der Waals surface area (Å²) in [6.07, 6.45) is -7.97. The van der Waals surface area contributed by atoms with Gasteiger partial charge in [0, 0.05) is 0 Å². The predicted molar refractivity (Wildman–Crippen MR) is 60.1 cm³/mol. The summed E-state index contributed by atoms with van der Waals surface area (Å²) in [4.78, 5) is 11.8. The molecule has 3 unspecified atom stereocenters. The molecule has 0 spiro atoms. The minimum Gasteiger partial charge on any atom is -0.464 e. The van der Waals surface area contributed by atoms with Gasteiger partial charge in [0.1, 0.15) is 6.61 Å². The van der Waals surface area contributed by atoms with Gasteiger partial charge in [0.25, 0.3) is 0 Å². The van der Waals surface area contributed by atoms with Crippen LogP contribution in [0.25, 0.3) is 0 Å². The Kier molecular flexibility index (Phi) is 3.95. The van der Waals surface area contributed by atoms with Gasteiger partial charge < -0.3 is 4.74 Å². The highest BCUT2D eigenvalue weighted by atomic mass is 19.4.